The molecule has 0 aromatic heterocycles. The van der Waals surface area contributed by atoms with E-state index in [4.69, 9.17) is 15.9 Å². The number of benzene rings is 1. The molecule has 4 N–H and O–H groups in total. The molecule has 0 aliphatic carbocycles. The van der Waals surface area contributed by atoms with E-state index in [1.54, 1.807) is 24.3 Å². The fraction of sp³-hybridized carbons (Fsp3) is 0.300. The molecule has 0 bridgehead atoms. The average molecular weight is 195 g/mol. The zero-order chi connectivity index (χ0) is 10.6. The third kappa shape index (κ3) is 2.55. The molecule has 76 valence electrons. The van der Waals surface area contributed by atoms with Gasteiger partial charge in [-0.1, -0.05) is 24.3 Å². The Morgan fingerprint density at radius 2 is 2.07 bits per heavy atom. The van der Waals surface area contributed by atoms with E-state index in [-0.39, 0.29) is 13.0 Å². The van der Waals surface area contributed by atoms with Crippen LogP contribution in [0.15, 0.2) is 24.3 Å². The Bertz CT molecular complexity index is 325. The molecule has 1 rings (SSSR count). The van der Waals surface area contributed by atoms with Crippen molar-refractivity contribution in [2.45, 2.75) is 12.5 Å². The topological polar surface area (TPSA) is 83.5 Å². The lowest BCUT2D eigenvalue weighted by molar-refractivity contribution is -0.136. The SMILES string of the molecule is N[C@H](CO)c1ccccc1CC(=O)O. The first-order valence-corrected chi connectivity index (χ1v) is 4.31. The number of nitrogens with two attached hydrogens (primary N) is 1. The highest BCUT2D eigenvalue weighted by Gasteiger charge is 2.11. The van der Waals surface area contributed by atoms with E-state index in [0.29, 0.717) is 11.1 Å². The van der Waals surface area contributed by atoms with Crippen LogP contribution in [-0.2, 0) is 11.2 Å². The van der Waals surface area contributed by atoms with Gasteiger partial charge in [-0.05, 0) is 11.1 Å². The molecule has 0 fully saturated rings. The largest absolute Gasteiger partial charge is 0.481 e. The molecule has 0 radical (unpaired) electrons. The zero-order valence-electron chi connectivity index (χ0n) is 7.68. The van der Waals surface area contributed by atoms with Gasteiger partial charge in [0.1, 0.15) is 0 Å². The number of hydrogen-bond donors (Lipinski definition) is 3. The van der Waals surface area contributed by atoms with Crippen LogP contribution < -0.4 is 5.73 Å². The lowest BCUT2D eigenvalue weighted by Crippen LogP contribution is -2.17. The summed E-state index contributed by atoms with van der Waals surface area (Å²) in [5.41, 5.74) is 6.97. The molecular weight excluding hydrogens is 182 g/mol. The second kappa shape index (κ2) is 4.74. The van der Waals surface area contributed by atoms with Crippen LogP contribution in [0, 0.1) is 0 Å². The molecule has 1 aromatic carbocycles. The molecule has 14 heavy (non-hydrogen) atoms. The molecule has 0 heterocycles. The molecule has 4 heteroatoms. The smallest absolute Gasteiger partial charge is 0.307 e. The maximum absolute atomic E-state index is 10.5. The molecule has 0 aliphatic rings. The second-order valence-corrected chi connectivity index (χ2v) is 3.06. The fourth-order valence-corrected chi connectivity index (χ4v) is 1.32. The second-order valence-electron chi connectivity index (χ2n) is 3.06. The summed E-state index contributed by atoms with van der Waals surface area (Å²) in [6.07, 6.45) is -0.0656. The van der Waals surface area contributed by atoms with Gasteiger partial charge in [0.25, 0.3) is 0 Å². The third-order valence-electron chi connectivity index (χ3n) is 1.99. The van der Waals surface area contributed by atoms with Gasteiger partial charge >= 0.3 is 5.97 Å². The van der Waals surface area contributed by atoms with Crippen LogP contribution in [0.2, 0.25) is 0 Å². The summed E-state index contributed by atoms with van der Waals surface area (Å²) in [5, 5.41) is 17.5. The minimum atomic E-state index is -0.900. The van der Waals surface area contributed by atoms with Gasteiger partial charge in [0.2, 0.25) is 0 Å². The van der Waals surface area contributed by atoms with Crippen molar-refractivity contribution < 1.29 is 15.0 Å². The number of aliphatic hydroxyl groups excluding tert-OH is 1. The van der Waals surface area contributed by atoms with Crippen molar-refractivity contribution in [2.24, 2.45) is 5.73 Å². The molecular formula is C10H13NO3. The molecule has 4 nitrogen and oxygen atoms in total. The van der Waals surface area contributed by atoms with Crippen LogP contribution in [-0.4, -0.2) is 22.8 Å². The van der Waals surface area contributed by atoms with E-state index in [2.05, 4.69) is 0 Å². The van der Waals surface area contributed by atoms with Crippen molar-refractivity contribution in [2.75, 3.05) is 6.61 Å². The number of rotatable bonds is 4. The lowest BCUT2D eigenvalue weighted by atomic mass is 9.99. The molecule has 1 aromatic rings. The van der Waals surface area contributed by atoms with Gasteiger partial charge in [-0.15, -0.1) is 0 Å². The number of aliphatic carboxylic acids is 1. The van der Waals surface area contributed by atoms with Crippen LogP contribution in [0.4, 0.5) is 0 Å². The van der Waals surface area contributed by atoms with Crippen molar-refractivity contribution in [1.29, 1.82) is 0 Å². The van der Waals surface area contributed by atoms with Crippen molar-refractivity contribution in [1.82, 2.24) is 0 Å². The van der Waals surface area contributed by atoms with Crippen molar-refractivity contribution in [3.8, 4) is 0 Å². The summed E-state index contributed by atoms with van der Waals surface area (Å²) in [7, 11) is 0. The maximum Gasteiger partial charge on any atom is 0.307 e. The first-order valence-electron chi connectivity index (χ1n) is 4.31. The van der Waals surface area contributed by atoms with Crippen LogP contribution in [0.3, 0.4) is 0 Å². The summed E-state index contributed by atoms with van der Waals surface area (Å²) in [4.78, 5) is 10.5. The van der Waals surface area contributed by atoms with E-state index in [1.165, 1.54) is 0 Å². The number of hydrogen-bond acceptors (Lipinski definition) is 3. The summed E-state index contributed by atoms with van der Waals surface area (Å²) in [5.74, 6) is -0.900. The molecule has 0 saturated carbocycles. The van der Waals surface area contributed by atoms with Crippen LogP contribution in [0.5, 0.6) is 0 Å². The summed E-state index contributed by atoms with van der Waals surface area (Å²) in [6, 6.07) is 6.46. The minimum Gasteiger partial charge on any atom is -0.481 e. The molecule has 0 saturated heterocycles. The number of carboxylic acid groups (broad SMARTS) is 1. The van der Waals surface area contributed by atoms with Gasteiger partial charge in [-0.25, -0.2) is 0 Å². The predicted octanol–water partition coefficient (Wildman–Crippen LogP) is 0.306. The highest BCUT2D eigenvalue weighted by Crippen LogP contribution is 2.16. The summed E-state index contributed by atoms with van der Waals surface area (Å²) < 4.78 is 0. The van der Waals surface area contributed by atoms with E-state index in [0.717, 1.165) is 0 Å². The number of carbonyl (C=O) groups is 1. The Morgan fingerprint density at radius 3 is 2.64 bits per heavy atom. The Morgan fingerprint density at radius 1 is 1.43 bits per heavy atom. The van der Waals surface area contributed by atoms with Gasteiger partial charge in [-0.2, -0.15) is 0 Å². The number of aliphatic hydroxyl groups is 1. The average Bonchev–Trinajstić information content (AvgIpc) is 2.16. The first-order chi connectivity index (χ1) is 6.65. The molecule has 0 aliphatic heterocycles. The monoisotopic (exact) mass is 195 g/mol. The van der Waals surface area contributed by atoms with Crippen LogP contribution >= 0.6 is 0 Å². The Kier molecular flexibility index (Phi) is 3.62. The third-order valence-corrected chi connectivity index (χ3v) is 1.99. The van der Waals surface area contributed by atoms with E-state index < -0.39 is 12.0 Å². The first kappa shape index (κ1) is 10.7. The van der Waals surface area contributed by atoms with Gasteiger partial charge < -0.3 is 15.9 Å². The summed E-state index contributed by atoms with van der Waals surface area (Å²) >= 11 is 0. The standard InChI is InChI=1S/C10H13NO3/c11-9(6-12)8-4-2-1-3-7(8)5-10(13)14/h1-4,9,12H,5-6,11H2,(H,13,14)/t9-/m1/s1. The van der Waals surface area contributed by atoms with Gasteiger partial charge in [0.15, 0.2) is 0 Å². The van der Waals surface area contributed by atoms with E-state index >= 15 is 0 Å². The quantitative estimate of drug-likeness (QED) is 0.645. The molecule has 1 atom stereocenters. The number of carboxylic acids is 1. The van der Waals surface area contributed by atoms with E-state index in [9.17, 15) is 4.79 Å². The van der Waals surface area contributed by atoms with Gasteiger partial charge in [0, 0.05) is 0 Å². The van der Waals surface area contributed by atoms with Crippen LogP contribution in [0.25, 0.3) is 0 Å². The normalized spacial score (nSPS) is 12.4. The highest BCUT2D eigenvalue weighted by molar-refractivity contribution is 5.70. The molecule has 0 spiro atoms. The van der Waals surface area contributed by atoms with Crippen molar-refractivity contribution in [3.05, 3.63) is 35.4 Å². The van der Waals surface area contributed by atoms with Gasteiger partial charge in [-0.3, -0.25) is 4.79 Å². The Balaban J connectivity index is 2.96. The lowest BCUT2D eigenvalue weighted by Gasteiger charge is -2.12. The zero-order valence-corrected chi connectivity index (χ0v) is 7.68. The fourth-order valence-electron chi connectivity index (χ4n) is 1.32. The van der Waals surface area contributed by atoms with Crippen molar-refractivity contribution in [3.63, 3.8) is 0 Å². The predicted molar refractivity (Wildman–Crippen MR) is 51.8 cm³/mol. The highest BCUT2D eigenvalue weighted by atomic mass is 16.4. The van der Waals surface area contributed by atoms with Gasteiger partial charge in [0.05, 0.1) is 19.1 Å². The summed E-state index contributed by atoms with van der Waals surface area (Å²) in [6.45, 7) is -0.184. The van der Waals surface area contributed by atoms with E-state index in [1.807, 2.05) is 0 Å². The maximum atomic E-state index is 10.5. The Labute approximate surface area is 82.0 Å². The minimum absolute atomic E-state index is 0.0656. The van der Waals surface area contributed by atoms with Crippen molar-refractivity contribution >= 4 is 5.97 Å². The Hall–Kier alpha value is -1.39. The molecule has 0 unspecified atom stereocenters. The van der Waals surface area contributed by atoms with Crippen LogP contribution in [0.1, 0.15) is 17.2 Å². The molecule has 0 amide bonds.